The van der Waals surface area contributed by atoms with E-state index in [0.29, 0.717) is 0 Å². The zero-order valence-corrected chi connectivity index (χ0v) is 10.7. The van der Waals surface area contributed by atoms with E-state index in [0.717, 1.165) is 12.2 Å². The first-order valence-corrected chi connectivity index (χ1v) is 5.84. The van der Waals surface area contributed by atoms with Crippen molar-refractivity contribution in [1.29, 1.82) is 0 Å². The molecule has 83 valence electrons. The Morgan fingerprint density at radius 1 is 1.20 bits per heavy atom. The van der Waals surface area contributed by atoms with Crippen LogP contribution in [-0.4, -0.2) is 5.60 Å². The number of hydrogen-bond acceptors (Lipinski definition) is 1. The maximum Gasteiger partial charge on any atom is 0.120 e. The molecule has 0 aliphatic rings. The number of rotatable bonds is 3. The van der Waals surface area contributed by atoms with Crippen molar-refractivity contribution in [2.75, 3.05) is 0 Å². The van der Waals surface area contributed by atoms with Crippen LogP contribution in [0.2, 0.25) is 0 Å². The molecule has 0 aliphatic heterocycles. The van der Waals surface area contributed by atoms with Gasteiger partial charge < -0.3 is 4.74 Å². The average Bonchev–Trinajstić information content (AvgIpc) is 2.15. The van der Waals surface area contributed by atoms with Crippen molar-refractivity contribution in [2.24, 2.45) is 0 Å². The molecular formula is C13H19OS. The fourth-order valence-electron chi connectivity index (χ4n) is 1.34. The quantitative estimate of drug-likeness (QED) is 0.732. The zero-order valence-electron chi connectivity index (χ0n) is 9.91. The van der Waals surface area contributed by atoms with Crippen molar-refractivity contribution >= 4 is 12.6 Å². The van der Waals surface area contributed by atoms with Gasteiger partial charge in [-0.15, -0.1) is 0 Å². The maximum absolute atomic E-state index is 5.74. The third-order valence-corrected chi connectivity index (χ3v) is 2.65. The Morgan fingerprint density at radius 2 is 1.73 bits per heavy atom. The van der Waals surface area contributed by atoms with Crippen molar-refractivity contribution in [1.82, 2.24) is 0 Å². The van der Waals surface area contributed by atoms with E-state index in [9.17, 15) is 0 Å². The molecule has 1 nitrogen and oxygen atoms in total. The van der Waals surface area contributed by atoms with Crippen molar-refractivity contribution in [2.45, 2.75) is 45.0 Å². The van der Waals surface area contributed by atoms with Crippen LogP contribution in [0.15, 0.2) is 24.3 Å². The van der Waals surface area contributed by atoms with Crippen LogP contribution in [0.1, 0.15) is 44.9 Å². The third kappa shape index (κ3) is 4.17. The van der Waals surface area contributed by atoms with Crippen LogP contribution < -0.4 is 4.74 Å². The first kappa shape index (κ1) is 12.4. The van der Waals surface area contributed by atoms with Gasteiger partial charge in [-0.05, 0) is 44.9 Å². The summed E-state index contributed by atoms with van der Waals surface area (Å²) in [5.74, 6) is 0.907. The minimum atomic E-state index is -0.139. The predicted octanol–water partition coefficient (Wildman–Crippen LogP) is 4.51. The van der Waals surface area contributed by atoms with Crippen molar-refractivity contribution in [3.63, 3.8) is 0 Å². The van der Waals surface area contributed by atoms with E-state index in [4.69, 9.17) is 17.4 Å². The first-order chi connectivity index (χ1) is 6.92. The highest BCUT2D eigenvalue weighted by Gasteiger charge is 2.12. The molecular weight excluding hydrogens is 204 g/mol. The molecule has 1 atom stereocenters. The van der Waals surface area contributed by atoms with E-state index in [1.807, 2.05) is 32.9 Å². The highest BCUT2D eigenvalue weighted by atomic mass is 32.1. The first-order valence-electron chi connectivity index (χ1n) is 5.37. The Balaban J connectivity index is 2.72. The average molecular weight is 223 g/mol. The molecule has 0 heterocycles. The Labute approximate surface area is 98.3 Å². The minimum Gasteiger partial charge on any atom is -0.488 e. The van der Waals surface area contributed by atoms with Crippen LogP contribution in [0.3, 0.4) is 0 Å². The molecule has 0 fully saturated rings. The van der Waals surface area contributed by atoms with Crippen LogP contribution in [0.4, 0.5) is 0 Å². The summed E-state index contributed by atoms with van der Waals surface area (Å²) in [6.07, 6.45) is 0.995. The summed E-state index contributed by atoms with van der Waals surface area (Å²) < 4.78 is 5.74. The summed E-state index contributed by atoms with van der Waals surface area (Å²) in [6, 6.07) is 8.11. The SMILES string of the molecule is CCC([S])c1ccc(OC(C)(C)C)cc1. The highest BCUT2D eigenvalue weighted by Crippen LogP contribution is 2.26. The summed E-state index contributed by atoms with van der Waals surface area (Å²) >= 11 is 5.32. The molecule has 0 bridgehead atoms. The molecule has 0 aromatic heterocycles. The van der Waals surface area contributed by atoms with Gasteiger partial charge in [-0.25, -0.2) is 0 Å². The van der Waals surface area contributed by atoms with Crippen LogP contribution in [0.25, 0.3) is 0 Å². The van der Waals surface area contributed by atoms with Crippen molar-refractivity contribution in [3.8, 4) is 5.75 Å². The number of ether oxygens (including phenoxy) is 1. The number of hydrogen-bond donors (Lipinski definition) is 0. The molecule has 0 aliphatic carbocycles. The largest absolute Gasteiger partial charge is 0.488 e. The van der Waals surface area contributed by atoms with Crippen LogP contribution in [0.5, 0.6) is 5.75 Å². The molecule has 2 heteroatoms. The number of benzene rings is 1. The van der Waals surface area contributed by atoms with Gasteiger partial charge in [0.15, 0.2) is 0 Å². The lowest BCUT2D eigenvalue weighted by atomic mass is 10.1. The van der Waals surface area contributed by atoms with Crippen LogP contribution >= 0.6 is 12.6 Å². The molecule has 1 unspecified atom stereocenters. The molecule has 1 radical (unpaired) electrons. The fourth-order valence-corrected chi connectivity index (χ4v) is 1.50. The second-order valence-corrected chi connectivity index (χ2v) is 5.25. The van der Waals surface area contributed by atoms with Gasteiger partial charge in [0.2, 0.25) is 0 Å². The lowest BCUT2D eigenvalue weighted by molar-refractivity contribution is 0.131. The Hall–Kier alpha value is -0.630. The predicted molar refractivity (Wildman–Crippen MR) is 67.4 cm³/mol. The summed E-state index contributed by atoms with van der Waals surface area (Å²) in [4.78, 5) is 0. The molecule has 1 rings (SSSR count). The summed E-state index contributed by atoms with van der Waals surface area (Å²) in [6.45, 7) is 8.24. The Bertz CT molecular complexity index is 297. The van der Waals surface area contributed by atoms with E-state index in [1.54, 1.807) is 0 Å². The van der Waals surface area contributed by atoms with Crippen LogP contribution in [-0.2, 0) is 0 Å². The zero-order chi connectivity index (χ0) is 11.5. The standard InChI is InChI=1S/C13H19OS/c1-5-12(15)10-6-8-11(9-7-10)14-13(2,3)4/h6-9,12H,5H2,1-4H3. The van der Waals surface area contributed by atoms with Gasteiger partial charge in [-0.2, -0.15) is 0 Å². The molecule has 1 aromatic carbocycles. The summed E-state index contributed by atoms with van der Waals surface area (Å²) in [7, 11) is 0. The van der Waals surface area contributed by atoms with E-state index in [2.05, 4.69) is 19.1 Å². The highest BCUT2D eigenvalue weighted by molar-refractivity contribution is 7.80. The van der Waals surface area contributed by atoms with Gasteiger partial charge in [0.05, 0.1) is 0 Å². The van der Waals surface area contributed by atoms with Gasteiger partial charge in [-0.3, -0.25) is 0 Å². The summed E-state index contributed by atoms with van der Waals surface area (Å²) in [5, 5.41) is 0.216. The monoisotopic (exact) mass is 223 g/mol. The van der Waals surface area contributed by atoms with E-state index in [1.165, 1.54) is 5.56 Å². The van der Waals surface area contributed by atoms with Gasteiger partial charge >= 0.3 is 0 Å². The summed E-state index contributed by atoms with van der Waals surface area (Å²) in [5.41, 5.74) is 1.06. The maximum atomic E-state index is 5.74. The molecule has 0 spiro atoms. The van der Waals surface area contributed by atoms with E-state index >= 15 is 0 Å². The second-order valence-electron chi connectivity index (χ2n) is 4.68. The van der Waals surface area contributed by atoms with Gasteiger partial charge in [0.25, 0.3) is 0 Å². The minimum absolute atomic E-state index is 0.139. The molecule has 0 saturated heterocycles. The van der Waals surface area contributed by atoms with Crippen molar-refractivity contribution in [3.05, 3.63) is 29.8 Å². The molecule has 0 amide bonds. The Morgan fingerprint density at radius 3 is 2.13 bits per heavy atom. The molecule has 0 saturated carbocycles. The van der Waals surface area contributed by atoms with Gasteiger partial charge in [0, 0.05) is 5.25 Å². The second kappa shape index (κ2) is 4.93. The lowest BCUT2D eigenvalue weighted by Crippen LogP contribution is -2.22. The fraction of sp³-hybridized carbons (Fsp3) is 0.538. The molecule has 0 N–H and O–H groups in total. The van der Waals surface area contributed by atoms with Crippen LogP contribution in [0, 0.1) is 0 Å². The molecule has 15 heavy (non-hydrogen) atoms. The smallest absolute Gasteiger partial charge is 0.120 e. The normalized spacial score (nSPS) is 13.7. The third-order valence-electron chi connectivity index (χ3n) is 2.05. The Kier molecular flexibility index (Phi) is 4.09. The topological polar surface area (TPSA) is 9.23 Å². The molecule has 1 aromatic rings. The van der Waals surface area contributed by atoms with Crippen molar-refractivity contribution < 1.29 is 4.74 Å². The van der Waals surface area contributed by atoms with Gasteiger partial charge in [0.1, 0.15) is 11.4 Å². The van der Waals surface area contributed by atoms with E-state index in [-0.39, 0.29) is 10.9 Å². The van der Waals surface area contributed by atoms with Gasteiger partial charge in [-0.1, -0.05) is 31.7 Å². The van der Waals surface area contributed by atoms with E-state index < -0.39 is 0 Å². The lowest BCUT2D eigenvalue weighted by Gasteiger charge is -2.21.